The largest absolute Gasteiger partial charge is 0.350 e. The molecular weight excluding hydrogens is 401 g/mol. The van der Waals surface area contributed by atoms with Crippen LogP contribution in [0.5, 0.6) is 0 Å². The number of rotatable bonds is 3. The Bertz CT molecular complexity index is 1160. The maximum absolute atomic E-state index is 13.9. The molecule has 1 aliphatic rings. The van der Waals surface area contributed by atoms with Crippen LogP contribution < -0.4 is 0 Å². The Morgan fingerprint density at radius 2 is 1.86 bits per heavy atom. The molecule has 3 heterocycles. The van der Waals surface area contributed by atoms with E-state index in [0.29, 0.717) is 21.5 Å². The summed E-state index contributed by atoms with van der Waals surface area (Å²) < 4.78 is 41.1. The molecule has 4 rings (SSSR count). The lowest BCUT2D eigenvalue weighted by Gasteiger charge is -2.33. The molecule has 9 heteroatoms. The van der Waals surface area contributed by atoms with Gasteiger partial charge in [-0.2, -0.15) is 4.31 Å². The van der Waals surface area contributed by atoms with E-state index in [9.17, 15) is 17.6 Å². The predicted octanol–water partition coefficient (Wildman–Crippen LogP) is 3.13. The highest BCUT2D eigenvalue weighted by Crippen LogP contribution is 2.28. The number of fused-ring (bicyclic) bond motifs is 1. The van der Waals surface area contributed by atoms with Crippen LogP contribution in [0.1, 0.15) is 20.2 Å². The van der Waals surface area contributed by atoms with Crippen LogP contribution in [-0.2, 0) is 10.0 Å². The number of hydrogen-bond acceptors (Lipinski definition) is 4. The second-order valence-corrected chi connectivity index (χ2v) is 10.2. The Hall–Kier alpha value is -2.23. The summed E-state index contributed by atoms with van der Waals surface area (Å²) in [5.41, 5.74) is 0.869. The first-order valence-corrected chi connectivity index (χ1v) is 11.2. The van der Waals surface area contributed by atoms with Crippen LogP contribution in [0, 0.1) is 19.7 Å². The number of benzene rings is 1. The Labute approximate surface area is 166 Å². The van der Waals surface area contributed by atoms with Gasteiger partial charge in [-0.1, -0.05) is 6.07 Å². The normalized spacial score (nSPS) is 16.0. The molecule has 0 bridgehead atoms. The number of piperazine rings is 1. The Morgan fingerprint density at radius 1 is 1.14 bits per heavy atom. The second kappa shape index (κ2) is 6.98. The summed E-state index contributed by atoms with van der Waals surface area (Å²) in [6.45, 7) is 4.74. The van der Waals surface area contributed by atoms with Crippen molar-refractivity contribution in [2.75, 3.05) is 26.2 Å². The fourth-order valence-corrected chi connectivity index (χ4v) is 6.48. The summed E-state index contributed by atoms with van der Waals surface area (Å²) in [6.07, 6.45) is 0. The van der Waals surface area contributed by atoms with Gasteiger partial charge in [0.2, 0.25) is 10.0 Å². The van der Waals surface area contributed by atoms with Crippen molar-refractivity contribution >= 4 is 38.2 Å². The van der Waals surface area contributed by atoms with Crippen LogP contribution in [0.4, 0.5) is 4.39 Å². The zero-order valence-electron chi connectivity index (χ0n) is 15.5. The first-order valence-electron chi connectivity index (χ1n) is 8.91. The Balaban J connectivity index is 1.49. The summed E-state index contributed by atoms with van der Waals surface area (Å²) in [4.78, 5) is 19.4. The number of H-pyrrole nitrogens is 1. The van der Waals surface area contributed by atoms with Crippen LogP contribution in [0.15, 0.2) is 35.2 Å². The van der Waals surface area contributed by atoms with Crippen LogP contribution in [0.3, 0.4) is 0 Å². The third kappa shape index (κ3) is 3.23. The third-order valence-corrected chi connectivity index (χ3v) is 8.10. The van der Waals surface area contributed by atoms with Crippen molar-refractivity contribution in [3.8, 4) is 0 Å². The molecular formula is C19H20FN3O3S2. The summed E-state index contributed by atoms with van der Waals surface area (Å²) in [5.74, 6) is -0.639. The highest BCUT2D eigenvalue weighted by molar-refractivity contribution is 7.89. The van der Waals surface area contributed by atoms with E-state index in [-0.39, 0.29) is 37.9 Å². The molecule has 1 amide bonds. The molecule has 0 saturated carbocycles. The summed E-state index contributed by atoms with van der Waals surface area (Å²) in [5, 5.41) is 0.371. The van der Waals surface area contributed by atoms with E-state index in [1.807, 2.05) is 6.92 Å². The SMILES string of the molecule is Cc1cc(S(=O)(=O)N2CCN(C(=O)c3cc4c(F)cccc4[nH]3)CC2)c(C)s1. The lowest BCUT2D eigenvalue weighted by Crippen LogP contribution is -2.50. The van der Waals surface area contributed by atoms with E-state index >= 15 is 0 Å². The van der Waals surface area contributed by atoms with E-state index in [0.717, 1.165) is 9.75 Å². The monoisotopic (exact) mass is 421 g/mol. The molecule has 0 aliphatic carbocycles. The number of nitrogens with one attached hydrogen (secondary N) is 1. The van der Waals surface area contributed by atoms with Gasteiger partial charge in [-0.3, -0.25) is 4.79 Å². The number of carbonyl (C=O) groups excluding carboxylic acids is 1. The number of amides is 1. The smallest absolute Gasteiger partial charge is 0.270 e. The van der Waals surface area contributed by atoms with Crippen molar-refractivity contribution in [2.45, 2.75) is 18.7 Å². The molecule has 6 nitrogen and oxygen atoms in total. The first kappa shape index (κ1) is 19.1. The van der Waals surface area contributed by atoms with E-state index in [4.69, 9.17) is 0 Å². The van der Waals surface area contributed by atoms with E-state index in [2.05, 4.69) is 4.98 Å². The topological polar surface area (TPSA) is 73.5 Å². The number of aryl methyl sites for hydroxylation is 2. The third-order valence-electron chi connectivity index (χ3n) is 4.98. The van der Waals surface area contributed by atoms with Gasteiger partial charge in [-0.05, 0) is 38.1 Å². The van der Waals surface area contributed by atoms with E-state index < -0.39 is 10.0 Å². The van der Waals surface area contributed by atoms with Gasteiger partial charge in [0.1, 0.15) is 11.5 Å². The molecule has 0 spiro atoms. The van der Waals surface area contributed by atoms with Crippen LogP contribution in [0.25, 0.3) is 10.9 Å². The average molecular weight is 422 g/mol. The van der Waals surface area contributed by atoms with E-state index in [1.165, 1.54) is 27.8 Å². The number of carbonyl (C=O) groups is 1. The van der Waals surface area contributed by atoms with Crippen LogP contribution in [0.2, 0.25) is 0 Å². The van der Waals surface area contributed by atoms with Gasteiger partial charge in [0, 0.05) is 46.8 Å². The molecule has 1 N–H and O–H groups in total. The highest BCUT2D eigenvalue weighted by atomic mass is 32.2. The Kier molecular flexibility index (Phi) is 4.76. The van der Waals surface area contributed by atoms with Gasteiger partial charge >= 0.3 is 0 Å². The van der Waals surface area contributed by atoms with Crippen molar-refractivity contribution in [2.24, 2.45) is 0 Å². The number of halogens is 1. The zero-order chi connectivity index (χ0) is 20.1. The lowest BCUT2D eigenvalue weighted by atomic mass is 10.2. The van der Waals surface area contributed by atoms with Crippen molar-refractivity contribution < 1.29 is 17.6 Å². The molecule has 148 valence electrons. The second-order valence-electron chi connectivity index (χ2n) is 6.86. The maximum Gasteiger partial charge on any atom is 0.270 e. The summed E-state index contributed by atoms with van der Waals surface area (Å²) >= 11 is 1.46. The summed E-state index contributed by atoms with van der Waals surface area (Å²) in [6, 6.07) is 7.85. The standard InChI is InChI=1S/C19H20FN3O3S2/c1-12-10-18(13(2)27-12)28(25,26)23-8-6-22(7-9-23)19(24)17-11-14-15(20)4-3-5-16(14)21-17/h3-5,10-11,21H,6-9H2,1-2H3. The van der Waals surface area contributed by atoms with E-state index in [1.54, 1.807) is 30.0 Å². The number of thiophene rings is 1. The molecule has 1 aromatic carbocycles. The number of hydrogen-bond donors (Lipinski definition) is 1. The fourth-order valence-electron chi connectivity index (χ4n) is 3.54. The minimum Gasteiger partial charge on any atom is -0.350 e. The van der Waals surface area contributed by atoms with Gasteiger partial charge in [0.15, 0.2) is 0 Å². The molecule has 1 aliphatic heterocycles. The molecule has 3 aromatic rings. The van der Waals surface area contributed by atoms with Crippen molar-refractivity contribution in [1.29, 1.82) is 0 Å². The number of aromatic nitrogens is 1. The zero-order valence-corrected chi connectivity index (χ0v) is 17.2. The lowest BCUT2D eigenvalue weighted by molar-refractivity contribution is 0.0693. The Morgan fingerprint density at radius 3 is 2.46 bits per heavy atom. The average Bonchev–Trinajstić information content (AvgIpc) is 3.25. The molecule has 1 saturated heterocycles. The molecule has 2 aromatic heterocycles. The molecule has 0 atom stereocenters. The van der Waals surface area contributed by atoms with Crippen molar-refractivity contribution in [3.63, 3.8) is 0 Å². The quantitative estimate of drug-likeness (QED) is 0.706. The molecule has 1 fully saturated rings. The van der Waals surface area contributed by atoms with Gasteiger partial charge in [-0.15, -0.1) is 11.3 Å². The molecule has 0 radical (unpaired) electrons. The number of nitrogens with zero attached hydrogens (tertiary/aromatic N) is 2. The predicted molar refractivity (Wildman–Crippen MR) is 107 cm³/mol. The highest BCUT2D eigenvalue weighted by Gasteiger charge is 2.32. The number of aromatic amines is 1. The minimum atomic E-state index is -3.56. The van der Waals surface area contributed by atoms with Gasteiger partial charge < -0.3 is 9.88 Å². The summed E-state index contributed by atoms with van der Waals surface area (Å²) in [7, 11) is -3.56. The fraction of sp³-hybridized carbons (Fsp3) is 0.316. The molecule has 0 unspecified atom stereocenters. The van der Waals surface area contributed by atoms with Gasteiger partial charge in [0.05, 0.1) is 4.90 Å². The van der Waals surface area contributed by atoms with Gasteiger partial charge in [0.25, 0.3) is 5.91 Å². The van der Waals surface area contributed by atoms with Crippen molar-refractivity contribution in [3.05, 3.63) is 51.6 Å². The van der Waals surface area contributed by atoms with Gasteiger partial charge in [-0.25, -0.2) is 12.8 Å². The first-order chi connectivity index (χ1) is 13.3. The maximum atomic E-state index is 13.9. The molecule has 28 heavy (non-hydrogen) atoms. The van der Waals surface area contributed by atoms with Crippen LogP contribution in [-0.4, -0.2) is 54.7 Å². The minimum absolute atomic E-state index is 0.233. The number of sulfonamides is 1. The van der Waals surface area contributed by atoms with Crippen LogP contribution >= 0.6 is 11.3 Å². The van der Waals surface area contributed by atoms with Crippen molar-refractivity contribution in [1.82, 2.24) is 14.2 Å².